The van der Waals surface area contributed by atoms with Gasteiger partial charge in [-0.1, -0.05) is 18.2 Å². The second-order valence-electron chi connectivity index (χ2n) is 7.61. The van der Waals surface area contributed by atoms with Crippen molar-refractivity contribution in [3.63, 3.8) is 0 Å². The van der Waals surface area contributed by atoms with Gasteiger partial charge in [-0.15, -0.1) is 0 Å². The number of methoxy groups -OCH3 is 2. The second kappa shape index (κ2) is 8.67. The third-order valence-electron chi connectivity index (χ3n) is 5.75. The second-order valence-corrected chi connectivity index (χ2v) is 7.61. The lowest BCUT2D eigenvalue weighted by atomic mass is 10.1. The van der Waals surface area contributed by atoms with E-state index >= 15 is 0 Å². The fraction of sp³-hybridized carbons (Fsp3) is 0.348. The summed E-state index contributed by atoms with van der Waals surface area (Å²) in [5.74, 6) is 0.800. The number of carbonyl (C=O) groups is 3. The molecule has 1 saturated heterocycles. The van der Waals surface area contributed by atoms with Crippen molar-refractivity contribution in [3.8, 4) is 11.5 Å². The lowest BCUT2D eigenvalue weighted by molar-refractivity contribution is -0.122. The molecule has 4 amide bonds. The van der Waals surface area contributed by atoms with Crippen LogP contribution >= 0.6 is 0 Å². The molecule has 0 radical (unpaired) electrons. The number of urea groups is 1. The summed E-state index contributed by atoms with van der Waals surface area (Å²) in [7, 11) is 3.18. The van der Waals surface area contributed by atoms with Crippen LogP contribution in [0.5, 0.6) is 11.5 Å². The van der Waals surface area contributed by atoms with Gasteiger partial charge in [0.25, 0.3) is 5.91 Å². The summed E-state index contributed by atoms with van der Waals surface area (Å²) in [4.78, 5) is 38.6. The van der Waals surface area contributed by atoms with Crippen molar-refractivity contribution < 1.29 is 23.9 Å². The molecule has 0 spiro atoms. The Morgan fingerprint density at radius 1 is 1.13 bits per heavy atom. The first kappa shape index (κ1) is 20.7. The van der Waals surface area contributed by atoms with Crippen LogP contribution in [0.3, 0.4) is 0 Å². The normalized spacial score (nSPS) is 19.7. The molecule has 2 aromatic rings. The SMILES string of the molecule is COc1cc2c(cc1OC)C(NC(=O)CCC1NC(=O)N(c3ccccc3)C1=O)CC2. The quantitative estimate of drug-likeness (QED) is 0.668. The summed E-state index contributed by atoms with van der Waals surface area (Å²) in [6, 6.07) is 11.3. The zero-order valence-corrected chi connectivity index (χ0v) is 17.5. The molecule has 8 heteroatoms. The fourth-order valence-corrected chi connectivity index (χ4v) is 4.17. The summed E-state index contributed by atoms with van der Waals surface area (Å²) in [5, 5.41) is 5.72. The monoisotopic (exact) mass is 423 g/mol. The molecule has 1 aliphatic carbocycles. The molecule has 0 bridgehead atoms. The molecule has 162 valence electrons. The molecule has 0 saturated carbocycles. The zero-order chi connectivity index (χ0) is 22.0. The van der Waals surface area contributed by atoms with Crippen LogP contribution in [0.25, 0.3) is 0 Å². The van der Waals surface area contributed by atoms with Gasteiger partial charge in [-0.05, 0) is 54.7 Å². The van der Waals surface area contributed by atoms with Gasteiger partial charge >= 0.3 is 6.03 Å². The van der Waals surface area contributed by atoms with E-state index in [-0.39, 0.29) is 30.7 Å². The van der Waals surface area contributed by atoms with Crippen LogP contribution in [-0.4, -0.2) is 38.1 Å². The van der Waals surface area contributed by atoms with Crippen molar-refractivity contribution >= 4 is 23.5 Å². The highest BCUT2D eigenvalue weighted by Crippen LogP contribution is 2.39. The number of imide groups is 1. The molecule has 4 rings (SSSR count). The molecule has 1 aliphatic heterocycles. The summed E-state index contributed by atoms with van der Waals surface area (Å²) >= 11 is 0. The first-order valence-electron chi connectivity index (χ1n) is 10.3. The number of hydrogen-bond donors (Lipinski definition) is 2. The van der Waals surface area contributed by atoms with Crippen LogP contribution in [0.15, 0.2) is 42.5 Å². The smallest absolute Gasteiger partial charge is 0.329 e. The predicted octanol–water partition coefficient (Wildman–Crippen LogP) is 2.71. The number of nitrogens with one attached hydrogen (secondary N) is 2. The average molecular weight is 423 g/mol. The summed E-state index contributed by atoms with van der Waals surface area (Å²) in [6.07, 6.45) is 2.01. The highest BCUT2D eigenvalue weighted by molar-refractivity contribution is 6.21. The Bertz CT molecular complexity index is 1010. The van der Waals surface area contributed by atoms with Crippen molar-refractivity contribution in [2.75, 3.05) is 19.1 Å². The number of fused-ring (bicyclic) bond motifs is 1. The Labute approximate surface area is 180 Å². The van der Waals surface area contributed by atoms with Gasteiger partial charge in [-0.25, -0.2) is 9.69 Å². The van der Waals surface area contributed by atoms with E-state index < -0.39 is 12.1 Å². The van der Waals surface area contributed by atoms with Gasteiger partial charge in [-0.3, -0.25) is 9.59 Å². The van der Waals surface area contributed by atoms with Crippen LogP contribution in [0.2, 0.25) is 0 Å². The number of para-hydroxylation sites is 1. The first-order valence-corrected chi connectivity index (χ1v) is 10.3. The largest absolute Gasteiger partial charge is 0.493 e. The zero-order valence-electron chi connectivity index (χ0n) is 17.5. The molecular weight excluding hydrogens is 398 g/mol. The molecule has 2 aliphatic rings. The van der Waals surface area contributed by atoms with E-state index in [1.165, 1.54) is 0 Å². The van der Waals surface area contributed by atoms with E-state index in [9.17, 15) is 14.4 Å². The van der Waals surface area contributed by atoms with Crippen molar-refractivity contribution in [2.24, 2.45) is 0 Å². The molecular formula is C23H25N3O5. The summed E-state index contributed by atoms with van der Waals surface area (Å²) in [6.45, 7) is 0. The molecule has 0 aromatic heterocycles. The van der Waals surface area contributed by atoms with Gasteiger partial charge in [0, 0.05) is 6.42 Å². The Kier molecular flexibility index (Phi) is 5.79. The maximum absolute atomic E-state index is 12.7. The number of aryl methyl sites for hydroxylation is 1. The number of rotatable bonds is 7. The molecule has 2 aromatic carbocycles. The van der Waals surface area contributed by atoms with Crippen LogP contribution in [-0.2, 0) is 16.0 Å². The van der Waals surface area contributed by atoms with Gasteiger partial charge in [0.1, 0.15) is 6.04 Å². The Morgan fingerprint density at radius 2 is 1.84 bits per heavy atom. The molecule has 2 N–H and O–H groups in total. The fourth-order valence-electron chi connectivity index (χ4n) is 4.17. The van der Waals surface area contributed by atoms with Gasteiger partial charge in [0.2, 0.25) is 5.91 Å². The summed E-state index contributed by atoms with van der Waals surface area (Å²) in [5.41, 5.74) is 2.66. The van der Waals surface area contributed by atoms with Gasteiger partial charge in [0.15, 0.2) is 11.5 Å². The number of benzene rings is 2. The first-order chi connectivity index (χ1) is 15.0. The minimum Gasteiger partial charge on any atom is -0.493 e. The van der Waals surface area contributed by atoms with Crippen molar-refractivity contribution in [3.05, 3.63) is 53.6 Å². The van der Waals surface area contributed by atoms with E-state index in [0.717, 1.165) is 28.9 Å². The van der Waals surface area contributed by atoms with Crippen molar-refractivity contribution in [2.45, 2.75) is 37.8 Å². The number of ether oxygens (including phenoxy) is 2. The number of hydrogen-bond acceptors (Lipinski definition) is 5. The van der Waals surface area contributed by atoms with Gasteiger partial charge < -0.3 is 20.1 Å². The lowest BCUT2D eigenvalue weighted by Crippen LogP contribution is -2.33. The molecule has 1 fully saturated rings. The molecule has 2 unspecified atom stereocenters. The van der Waals surface area contributed by atoms with Crippen LogP contribution < -0.4 is 25.0 Å². The Morgan fingerprint density at radius 3 is 2.55 bits per heavy atom. The van der Waals surface area contributed by atoms with E-state index in [4.69, 9.17) is 9.47 Å². The predicted molar refractivity (Wildman–Crippen MR) is 114 cm³/mol. The third-order valence-corrected chi connectivity index (χ3v) is 5.75. The van der Waals surface area contributed by atoms with Crippen LogP contribution in [0.1, 0.15) is 36.4 Å². The van der Waals surface area contributed by atoms with Crippen molar-refractivity contribution in [1.82, 2.24) is 10.6 Å². The minimum atomic E-state index is -0.710. The third kappa shape index (κ3) is 4.05. The van der Waals surface area contributed by atoms with E-state index in [0.29, 0.717) is 17.2 Å². The number of carbonyl (C=O) groups excluding carboxylic acids is 3. The molecule has 31 heavy (non-hydrogen) atoms. The van der Waals surface area contributed by atoms with E-state index in [1.807, 2.05) is 18.2 Å². The standard InChI is InChI=1S/C23H25N3O5/c1-30-19-12-14-8-9-17(16(14)13-20(19)31-2)24-21(27)11-10-18-22(28)26(23(29)25-18)15-6-4-3-5-7-15/h3-7,12-13,17-18H,8-11H2,1-2H3,(H,24,27)(H,25,29). The Balaban J connectivity index is 1.36. The van der Waals surface area contributed by atoms with Crippen LogP contribution in [0.4, 0.5) is 10.5 Å². The highest BCUT2D eigenvalue weighted by atomic mass is 16.5. The average Bonchev–Trinajstić information content (AvgIpc) is 3.30. The maximum Gasteiger partial charge on any atom is 0.329 e. The number of anilines is 1. The highest BCUT2D eigenvalue weighted by Gasteiger charge is 2.39. The Hall–Kier alpha value is -3.55. The van der Waals surface area contributed by atoms with Crippen LogP contribution in [0, 0.1) is 0 Å². The minimum absolute atomic E-state index is 0.114. The van der Waals surface area contributed by atoms with Gasteiger partial charge in [0.05, 0.1) is 25.9 Å². The molecule has 2 atom stereocenters. The number of amides is 4. The molecule has 1 heterocycles. The van der Waals surface area contributed by atoms with E-state index in [2.05, 4.69) is 10.6 Å². The topological polar surface area (TPSA) is 97.0 Å². The molecule has 8 nitrogen and oxygen atoms in total. The summed E-state index contributed by atoms with van der Waals surface area (Å²) < 4.78 is 10.7. The number of nitrogens with zero attached hydrogens (tertiary/aromatic N) is 1. The maximum atomic E-state index is 12.7. The van der Waals surface area contributed by atoms with Crippen molar-refractivity contribution in [1.29, 1.82) is 0 Å². The lowest BCUT2D eigenvalue weighted by Gasteiger charge is -2.17. The van der Waals surface area contributed by atoms with Gasteiger partial charge in [-0.2, -0.15) is 0 Å². The van der Waals surface area contributed by atoms with E-state index in [1.54, 1.807) is 38.5 Å².